The lowest BCUT2D eigenvalue weighted by Crippen LogP contribution is -2.51. The molecule has 8 heteroatoms. The van der Waals surface area contributed by atoms with Gasteiger partial charge in [0.1, 0.15) is 0 Å². The van der Waals surface area contributed by atoms with Crippen LogP contribution in [0.25, 0.3) is 10.2 Å². The van der Waals surface area contributed by atoms with Crippen LogP contribution in [0, 0.1) is 13.8 Å². The third-order valence-electron chi connectivity index (χ3n) is 5.54. The first-order chi connectivity index (χ1) is 15.0. The Kier molecular flexibility index (Phi) is 6.18. The molecule has 2 aromatic carbocycles. The van der Waals surface area contributed by atoms with Crippen molar-refractivity contribution in [2.24, 2.45) is 0 Å². The maximum Gasteiger partial charge on any atom is 0.317 e. The normalized spacial score (nSPS) is 14.1. The number of carbonyl (C=O) groups excluding carboxylic acids is 1. The molecule has 1 N–H and O–H groups in total. The fourth-order valence-electron chi connectivity index (χ4n) is 3.88. The molecule has 1 fully saturated rings. The highest BCUT2D eigenvalue weighted by atomic mass is 32.1. The average Bonchev–Trinajstić information content (AvgIpc) is 3.21. The van der Waals surface area contributed by atoms with Crippen LogP contribution in [0.5, 0.6) is 11.5 Å². The van der Waals surface area contributed by atoms with Crippen molar-refractivity contribution in [3.8, 4) is 11.5 Å². The summed E-state index contributed by atoms with van der Waals surface area (Å²) in [5.74, 6) is 1.33. The Hall–Kier alpha value is -3.00. The zero-order valence-electron chi connectivity index (χ0n) is 18.4. The standard InChI is InChI=1S/C23H28N4O3S/c1-15-11-16(2)21-18(12-15)25-23(31-21)27-9-7-26(8-10-27)22(28)24-14-17-5-6-19(29-3)20(13-17)30-4/h5-6,11-13H,7-10,14H2,1-4H3,(H,24,28). The van der Waals surface area contributed by atoms with Crippen LogP contribution in [-0.4, -0.2) is 56.3 Å². The summed E-state index contributed by atoms with van der Waals surface area (Å²) >= 11 is 1.74. The quantitative estimate of drug-likeness (QED) is 0.650. The smallest absolute Gasteiger partial charge is 0.317 e. The molecule has 4 rings (SSSR count). The van der Waals surface area contributed by atoms with Gasteiger partial charge in [0.25, 0.3) is 0 Å². The van der Waals surface area contributed by atoms with Gasteiger partial charge in [-0.3, -0.25) is 0 Å². The van der Waals surface area contributed by atoms with Gasteiger partial charge in [0, 0.05) is 32.7 Å². The molecule has 0 unspecified atom stereocenters. The van der Waals surface area contributed by atoms with Gasteiger partial charge in [-0.25, -0.2) is 9.78 Å². The molecule has 31 heavy (non-hydrogen) atoms. The van der Waals surface area contributed by atoms with Gasteiger partial charge in [-0.15, -0.1) is 0 Å². The summed E-state index contributed by atoms with van der Waals surface area (Å²) in [6, 6.07) is 9.95. The Labute approximate surface area is 186 Å². The second kappa shape index (κ2) is 9.01. The maximum atomic E-state index is 12.6. The van der Waals surface area contributed by atoms with Gasteiger partial charge in [0.05, 0.1) is 24.4 Å². The van der Waals surface area contributed by atoms with E-state index < -0.39 is 0 Å². The highest BCUT2D eigenvalue weighted by Crippen LogP contribution is 2.32. The molecule has 3 aromatic rings. The summed E-state index contributed by atoms with van der Waals surface area (Å²) in [6.07, 6.45) is 0. The van der Waals surface area contributed by atoms with Crippen LogP contribution in [0.3, 0.4) is 0 Å². The number of aromatic nitrogens is 1. The van der Waals surface area contributed by atoms with Crippen LogP contribution in [0.1, 0.15) is 16.7 Å². The minimum Gasteiger partial charge on any atom is -0.493 e. The molecule has 1 saturated heterocycles. The Morgan fingerprint density at radius 1 is 1.06 bits per heavy atom. The van der Waals surface area contributed by atoms with E-state index in [1.54, 1.807) is 25.6 Å². The van der Waals surface area contributed by atoms with Gasteiger partial charge in [-0.2, -0.15) is 0 Å². The van der Waals surface area contributed by atoms with E-state index in [4.69, 9.17) is 14.5 Å². The zero-order chi connectivity index (χ0) is 22.0. The molecule has 0 spiro atoms. The van der Waals surface area contributed by atoms with Crippen molar-refractivity contribution in [3.63, 3.8) is 0 Å². The highest BCUT2D eigenvalue weighted by molar-refractivity contribution is 7.22. The number of hydrogen-bond acceptors (Lipinski definition) is 6. The molecule has 0 atom stereocenters. The number of piperazine rings is 1. The van der Waals surface area contributed by atoms with E-state index in [1.165, 1.54) is 15.8 Å². The van der Waals surface area contributed by atoms with E-state index in [-0.39, 0.29) is 6.03 Å². The van der Waals surface area contributed by atoms with E-state index in [0.29, 0.717) is 31.1 Å². The van der Waals surface area contributed by atoms with Crippen LogP contribution in [0.15, 0.2) is 30.3 Å². The summed E-state index contributed by atoms with van der Waals surface area (Å²) in [5, 5.41) is 4.04. The van der Waals surface area contributed by atoms with E-state index in [9.17, 15) is 4.79 Å². The molecule has 0 radical (unpaired) electrons. The number of hydrogen-bond donors (Lipinski definition) is 1. The second-order valence-electron chi connectivity index (χ2n) is 7.75. The highest BCUT2D eigenvalue weighted by Gasteiger charge is 2.23. The number of nitrogens with zero attached hydrogens (tertiary/aromatic N) is 3. The molecule has 1 aliphatic heterocycles. The first-order valence-electron chi connectivity index (χ1n) is 10.3. The fourth-order valence-corrected chi connectivity index (χ4v) is 4.95. The Bertz CT molecular complexity index is 1090. The molecular formula is C23H28N4O3S. The molecule has 0 aliphatic carbocycles. The van der Waals surface area contributed by atoms with Gasteiger partial charge in [-0.1, -0.05) is 23.5 Å². The molecule has 7 nitrogen and oxygen atoms in total. The number of nitrogens with one attached hydrogen (secondary N) is 1. The second-order valence-corrected chi connectivity index (χ2v) is 8.73. The number of rotatable bonds is 5. The molecule has 2 heterocycles. The van der Waals surface area contributed by atoms with E-state index in [1.807, 2.05) is 23.1 Å². The Morgan fingerprint density at radius 2 is 1.81 bits per heavy atom. The lowest BCUT2D eigenvalue weighted by atomic mass is 10.1. The fraction of sp³-hybridized carbons (Fsp3) is 0.391. The minimum absolute atomic E-state index is 0.0507. The molecule has 1 aromatic heterocycles. The summed E-state index contributed by atoms with van der Waals surface area (Å²) in [6.45, 7) is 7.58. The number of ether oxygens (including phenoxy) is 2. The van der Waals surface area contributed by atoms with E-state index in [2.05, 4.69) is 36.2 Å². The molecule has 0 saturated carbocycles. The van der Waals surface area contributed by atoms with Gasteiger partial charge in [-0.05, 0) is 48.7 Å². The third kappa shape index (κ3) is 4.54. The van der Waals surface area contributed by atoms with Crippen molar-refractivity contribution in [3.05, 3.63) is 47.0 Å². The van der Waals surface area contributed by atoms with Crippen molar-refractivity contribution < 1.29 is 14.3 Å². The van der Waals surface area contributed by atoms with Gasteiger partial charge >= 0.3 is 6.03 Å². The van der Waals surface area contributed by atoms with E-state index in [0.717, 1.165) is 29.3 Å². The topological polar surface area (TPSA) is 66.9 Å². The number of amides is 2. The lowest BCUT2D eigenvalue weighted by Gasteiger charge is -2.34. The predicted octanol–water partition coefficient (Wildman–Crippen LogP) is 3.96. The number of methoxy groups -OCH3 is 2. The monoisotopic (exact) mass is 440 g/mol. The summed E-state index contributed by atoms with van der Waals surface area (Å²) < 4.78 is 11.8. The first kappa shape index (κ1) is 21.2. The Balaban J connectivity index is 1.33. The van der Waals surface area contributed by atoms with Gasteiger partial charge < -0.3 is 24.6 Å². The number of anilines is 1. The number of fused-ring (bicyclic) bond motifs is 1. The number of benzene rings is 2. The number of aryl methyl sites for hydroxylation is 2. The first-order valence-corrected chi connectivity index (χ1v) is 11.2. The predicted molar refractivity (Wildman–Crippen MR) is 125 cm³/mol. The third-order valence-corrected chi connectivity index (χ3v) is 6.81. The van der Waals surface area contributed by atoms with E-state index >= 15 is 0 Å². The molecular weight excluding hydrogens is 412 g/mol. The van der Waals surface area contributed by atoms with Crippen LogP contribution >= 0.6 is 11.3 Å². The van der Waals surface area contributed by atoms with Crippen molar-refractivity contribution >= 4 is 32.7 Å². The number of urea groups is 1. The summed E-state index contributed by atoms with van der Waals surface area (Å²) in [7, 11) is 3.21. The van der Waals surface area contributed by atoms with Crippen molar-refractivity contribution in [1.82, 2.24) is 15.2 Å². The summed E-state index contributed by atoms with van der Waals surface area (Å²) in [5.41, 5.74) is 4.53. The minimum atomic E-state index is -0.0507. The zero-order valence-corrected chi connectivity index (χ0v) is 19.2. The van der Waals surface area contributed by atoms with Crippen molar-refractivity contribution in [1.29, 1.82) is 0 Å². The van der Waals surface area contributed by atoms with Crippen LogP contribution in [0.4, 0.5) is 9.93 Å². The molecule has 0 bridgehead atoms. The van der Waals surface area contributed by atoms with Crippen LogP contribution in [-0.2, 0) is 6.54 Å². The van der Waals surface area contributed by atoms with Crippen LogP contribution < -0.4 is 19.7 Å². The lowest BCUT2D eigenvalue weighted by molar-refractivity contribution is 0.194. The van der Waals surface area contributed by atoms with Crippen molar-refractivity contribution in [2.75, 3.05) is 45.3 Å². The molecule has 164 valence electrons. The van der Waals surface area contributed by atoms with Crippen molar-refractivity contribution in [2.45, 2.75) is 20.4 Å². The molecule has 1 aliphatic rings. The largest absolute Gasteiger partial charge is 0.493 e. The maximum absolute atomic E-state index is 12.6. The van der Waals surface area contributed by atoms with Gasteiger partial charge in [0.15, 0.2) is 16.6 Å². The molecule has 2 amide bonds. The van der Waals surface area contributed by atoms with Gasteiger partial charge in [0.2, 0.25) is 0 Å². The Morgan fingerprint density at radius 3 is 2.52 bits per heavy atom. The number of carbonyl (C=O) groups is 1. The number of thiazole rings is 1. The van der Waals surface area contributed by atoms with Crippen LogP contribution in [0.2, 0.25) is 0 Å². The average molecular weight is 441 g/mol. The summed E-state index contributed by atoms with van der Waals surface area (Å²) in [4.78, 5) is 21.6. The SMILES string of the molecule is COc1ccc(CNC(=O)N2CCN(c3nc4cc(C)cc(C)c4s3)CC2)cc1OC.